The molecule has 0 bridgehead atoms. The van der Waals surface area contributed by atoms with Crippen molar-refractivity contribution >= 4 is 39.8 Å². The number of aromatic nitrogens is 1. The highest BCUT2D eigenvalue weighted by Crippen LogP contribution is 2.18. The second-order valence-corrected chi connectivity index (χ2v) is 4.71. The molecule has 0 radical (unpaired) electrons. The van der Waals surface area contributed by atoms with Crippen LogP contribution in [0.25, 0.3) is 10.9 Å². The fraction of sp³-hybridized carbons (Fsp3) is 0.0769. The molecule has 0 atom stereocenters. The smallest absolute Gasteiger partial charge is 0.193 e. The van der Waals surface area contributed by atoms with Gasteiger partial charge in [0, 0.05) is 22.8 Å². The van der Waals surface area contributed by atoms with Gasteiger partial charge in [0.15, 0.2) is 5.43 Å². The van der Waals surface area contributed by atoms with Crippen LogP contribution >= 0.6 is 23.2 Å². The Hall–Kier alpha value is -1.58. The molecule has 0 spiro atoms. The average molecular weight is 281 g/mol. The van der Waals surface area contributed by atoms with E-state index < -0.39 is 0 Å². The fourth-order valence-electron chi connectivity index (χ4n) is 1.66. The van der Waals surface area contributed by atoms with Gasteiger partial charge < -0.3 is 5.32 Å². The van der Waals surface area contributed by atoms with Gasteiger partial charge in [-0.15, -0.1) is 0 Å². The van der Waals surface area contributed by atoms with E-state index in [2.05, 4.69) is 16.9 Å². The minimum Gasteiger partial charge on any atom is -0.346 e. The van der Waals surface area contributed by atoms with Crippen LogP contribution in [0.3, 0.4) is 0 Å². The van der Waals surface area contributed by atoms with Gasteiger partial charge in [0.2, 0.25) is 0 Å². The van der Waals surface area contributed by atoms with Gasteiger partial charge in [-0.25, -0.2) is 0 Å². The molecule has 1 heterocycles. The zero-order chi connectivity index (χ0) is 13.3. The highest BCUT2D eigenvalue weighted by Gasteiger charge is 2.06. The third-order valence-electron chi connectivity index (χ3n) is 2.55. The molecule has 18 heavy (non-hydrogen) atoms. The first-order valence-corrected chi connectivity index (χ1v) is 5.95. The summed E-state index contributed by atoms with van der Waals surface area (Å²) in [7, 11) is 0. The summed E-state index contributed by atoms with van der Waals surface area (Å²) in [5, 5.41) is 3.99. The van der Waals surface area contributed by atoms with E-state index in [-0.39, 0.29) is 10.6 Å². The van der Waals surface area contributed by atoms with Crippen LogP contribution in [0.4, 0.5) is 5.69 Å². The number of hydrogen-bond acceptors (Lipinski definition) is 3. The number of anilines is 1. The molecule has 0 aliphatic carbocycles. The van der Waals surface area contributed by atoms with Crippen LogP contribution in [0, 0.1) is 6.92 Å². The molecule has 0 fully saturated rings. The monoisotopic (exact) mass is 280 g/mol. The molecule has 0 unspecified atom stereocenters. The lowest BCUT2D eigenvalue weighted by Crippen LogP contribution is -2.05. The third kappa shape index (κ3) is 2.47. The maximum Gasteiger partial charge on any atom is 0.193 e. The van der Waals surface area contributed by atoms with E-state index in [0.29, 0.717) is 27.2 Å². The van der Waals surface area contributed by atoms with Crippen molar-refractivity contribution in [3.05, 3.63) is 56.9 Å². The molecule has 1 aromatic heterocycles. The van der Waals surface area contributed by atoms with Gasteiger partial charge >= 0.3 is 0 Å². The molecule has 1 N–H and O–H groups in total. The summed E-state index contributed by atoms with van der Waals surface area (Å²) in [6.07, 6.45) is 1.51. The highest BCUT2D eigenvalue weighted by molar-refractivity contribution is 6.31. The van der Waals surface area contributed by atoms with Crippen LogP contribution in [0.15, 0.2) is 40.9 Å². The first-order chi connectivity index (χ1) is 8.49. The summed E-state index contributed by atoms with van der Waals surface area (Å²) in [6.45, 7) is 5.25. The van der Waals surface area contributed by atoms with Gasteiger partial charge in [0.05, 0.1) is 15.7 Å². The van der Waals surface area contributed by atoms with Crippen molar-refractivity contribution in [2.45, 2.75) is 6.92 Å². The van der Waals surface area contributed by atoms with Gasteiger partial charge in [0.25, 0.3) is 0 Å². The molecule has 0 saturated heterocycles. The van der Waals surface area contributed by atoms with Crippen LogP contribution in [0.1, 0.15) is 5.56 Å². The largest absolute Gasteiger partial charge is 0.346 e. The van der Waals surface area contributed by atoms with E-state index in [9.17, 15) is 4.79 Å². The van der Waals surface area contributed by atoms with Gasteiger partial charge in [-0.05, 0) is 25.1 Å². The quantitative estimate of drug-likeness (QED) is 0.854. The zero-order valence-corrected chi connectivity index (χ0v) is 11.1. The standard InChI is InChI=1S/C13H10Cl2N2O/c1-7-11(17-8(2)14)3-4-12-10(13(7)18)5-9(15)6-16-12/h3-6,17H,2H2,1H3. The first kappa shape index (κ1) is 12.9. The van der Waals surface area contributed by atoms with E-state index in [0.717, 1.165) is 0 Å². The molecule has 0 aliphatic heterocycles. The SMILES string of the molecule is C=C(Cl)Nc1ccc2ncc(Cl)cc2c(=O)c1C. The van der Waals surface area contributed by atoms with E-state index in [1.807, 2.05) is 0 Å². The van der Waals surface area contributed by atoms with Crippen molar-refractivity contribution in [1.29, 1.82) is 0 Å². The lowest BCUT2D eigenvalue weighted by atomic mass is 10.2. The second-order valence-electron chi connectivity index (χ2n) is 3.82. The lowest BCUT2D eigenvalue weighted by molar-refractivity contribution is 1.40. The Bertz CT molecular complexity index is 698. The summed E-state index contributed by atoms with van der Waals surface area (Å²) in [5.74, 6) is 0. The number of fused-ring (bicyclic) bond motifs is 1. The zero-order valence-electron chi connectivity index (χ0n) is 9.63. The minimum atomic E-state index is -0.134. The molecule has 0 saturated carbocycles. The summed E-state index contributed by atoms with van der Waals surface area (Å²) in [6, 6.07) is 5.09. The Labute approximate surface area is 114 Å². The van der Waals surface area contributed by atoms with E-state index in [4.69, 9.17) is 23.2 Å². The number of hydrogen-bond donors (Lipinski definition) is 1. The molecule has 92 valence electrons. The number of rotatable bonds is 2. The Morgan fingerprint density at radius 3 is 2.83 bits per heavy atom. The third-order valence-corrected chi connectivity index (χ3v) is 2.85. The van der Waals surface area contributed by atoms with Crippen molar-refractivity contribution < 1.29 is 0 Å². The van der Waals surface area contributed by atoms with Crippen LogP contribution in [0.5, 0.6) is 0 Å². The van der Waals surface area contributed by atoms with E-state index in [1.165, 1.54) is 6.20 Å². The Morgan fingerprint density at radius 2 is 2.17 bits per heavy atom. The van der Waals surface area contributed by atoms with Crippen LogP contribution < -0.4 is 10.7 Å². The summed E-state index contributed by atoms with van der Waals surface area (Å²) in [4.78, 5) is 16.4. The van der Waals surface area contributed by atoms with Crippen LogP contribution in [-0.2, 0) is 0 Å². The molecular formula is C13H10Cl2N2O. The highest BCUT2D eigenvalue weighted by atomic mass is 35.5. The second kappa shape index (κ2) is 4.96. The Balaban J connectivity index is 2.82. The van der Waals surface area contributed by atoms with Gasteiger partial charge in [-0.1, -0.05) is 29.8 Å². The van der Waals surface area contributed by atoms with Gasteiger partial charge in [-0.3, -0.25) is 9.78 Å². The predicted octanol–water partition coefficient (Wildman–Crippen LogP) is 3.68. The van der Waals surface area contributed by atoms with Crippen molar-refractivity contribution in [3.63, 3.8) is 0 Å². The van der Waals surface area contributed by atoms with Crippen LogP contribution in [-0.4, -0.2) is 4.98 Å². The van der Waals surface area contributed by atoms with Crippen LogP contribution in [0.2, 0.25) is 5.02 Å². The van der Waals surface area contributed by atoms with Gasteiger partial charge in [0.1, 0.15) is 0 Å². The number of nitrogens with zero attached hydrogens (tertiary/aromatic N) is 1. The molecule has 2 aromatic rings. The molecule has 3 nitrogen and oxygen atoms in total. The summed E-state index contributed by atoms with van der Waals surface area (Å²) < 4.78 is 0. The van der Waals surface area contributed by atoms with Crippen molar-refractivity contribution in [2.75, 3.05) is 5.32 Å². The lowest BCUT2D eigenvalue weighted by Gasteiger charge is -2.02. The molecule has 1 aromatic carbocycles. The fourth-order valence-corrected chi connectivity index (χ4v) is 1.92. The van der Waals surface area contributed by atoms with Gasteiger partial charge in [-0.2, -0.15) is 0 Å². The maximum atomic E-state index is 12.3. The minimum absolute atomic E-state index is 0.134. The average Bonchev–Trinajstić information content (AvgIpc) is 2.42. The van der Waals surface area contributed by atoms with E-state index >= 15 is 0 Å². The van der Waals surface area contributed by atoms with Crippen molar-refractivity contribution in [3.8, 4) is 0 Å². The number of halogens is 2. The Morgan fingerprint density at radius 1 is 1.44 bits per heavy atom. The van der Waals surface area contributed by atoms with Crippen molar-refractivity contribution in [1.82, 2.24) is 4.98 Å². The summed E-state index contributed by atoms with van der Waals surface area (Å²) in [5.41, 5.74) is 1.59. The Kier molecular flexibility index (Phi) is 3.55. The predicted molar refractivity (Wildman–Crippen MR) is 76.4 cm³/mol. The molecule has 0 aliphatic rings. The number of pyridine rings is 1. The topological polar surface area (TPSA) is 42.0 Å². The molecule has 0 amide bonds. The normalized spacial score (nSPS) is 10.4. The molecule has 2 rings (SSSR count). The van der Waals surface area contributed by atoms with Crippen molar-refractivity contribution in [2.24, 2.45) is 0 Å². The molecule has 5 heteroatoms. The maximum absolute atomic E-state index is 12.3. The first-order valence-electron chi connectivity index (χ1n) is 5.19. The van der Waals surface area contributed by atoms with E-state index in [1.54, 1.807) is 25.1 Å². The number of nitrogens with one attached hydrogen (secondary N) is 1. The summed E-state index contributed by atoms with van der Waals surface area (Å²) >= 11 is 11.6. The molecular weight excluding hydrogens is 271 g/mol.